The van der Waals surface area contributed by atoms with Gasteiger partial charge in [0, 0.05) is 12.6 Å². The SMILES string of the molecule is COc1cc(C)c(CNC(=O)COc2cccc(F)c2)cc1OC. The fourth-order valence-corrected chi connectivity index (χ4v) is 2.16. The molecule has 0 unspecified atom stereocenters. The number of carbonyl (C=O) groups excluding carboxylic acids is 1. The lowest BCUT2D eigenvalue weighted by Gasteiger charge is -2.13. The van der Waals surface area contributed by atoms with Gasteiger partial charge in [-0.05, 0) is 42.3 Å². The molecule has 6 heteroatoms. The summed E-state index contributed by atoms with van der Waals surface area (Å²) < 4.78 is 28.8. The number of ether oxygens (including phenoxy) is 3. The number of methoxy groups -OCH3 is 2. The highest BCUT2D eigenvalue weighted by molar-refractivity contribution is 5.77. The van der Waals surface area contributed by atoms with E-state index in [0.29, 0.717) is 23.8 Å². The molecule has 2 rings (SSSR count). The second-order valence-corrected chi connectivity index (χ2v) is 5.16. The van der Waals surface area contributed by atoms with Gasteiger partial charge in [-0.1, -0.05) is 6.07 Å². The molecule has 0 radical (unpaired) electrons. The van der Waals surface area contributed by atoms with Gasteiger partial charge in [0.25, 0.3) is 5.91 Å². The molecule has 1 N–H and O–H groups in total. The normalized spacial score (nSPS) is 10.2. The van der Waals surface area contributed by atoms with Crippen molar-refractivity contribution >= 4 is 5.91 Å². The number of aryl methyl sites for hydroxylation is 1. The van der Waals surface area contributed by atoms with E-state index in [9.17, 15) is 9.18 Å². The average Bonchev–Trinajstić information content (AvgIpc) is 2.58. The molecule has 5 nitrogen and oxygen atoms in total. The highest BCUT2D eigenvalue weighted by Gasteiger charge is 2.10. The molecule has 0 aliphatic heterocycles. The molecule has 1 amide bonds. The lowest BCUT2D eigenvalue weighted by atomic mass is 10.1. The summed E-state index contributed by atoms with van der Waals surface area (Å²) in [7, 11) is 3.13. The molecule has 2 aromatic carbocycles. The Morgan fingerprint density at radius 3 is 2.50 bits per heavy atom. The predicted octanol–water partition coefficient (Wildman–Crippen LogP) is 2.85. The van der Waals surface area contributed by atoms with Crippen LogP contribution < -0.4 is 19.5 Å². The molecule has 0 atom stereocenters. The second-order valence-electron chi connectivity index (χ2n) is 5.16. The molecule has 0 saturated heterocycles. The molecule has 0 aromatic heterocycles. The summed E-state index contributed by atoms with van der Waals surface area (Å²) in [5.41, 5.74) is 1.88. The predicted molar refractivity (Wildman–Crippen MR) is 88.0 cm³/mol. The Balaban J connectivity index is 1.92. The van der Waals surface area contributed by atoms with Crippen LogP contribution in [0.2, 0.25) is 0 Å². The summed E-state index contributed by atoms with van der Waals surface area (Å²) in [6.07, 6.45) is 0. The van der Waals surface area contributed by atoms with E-state index in [-0.39, 0.29) is 12.5 Å². The van der Waals surface area contributed by atoms with Crippen molar-refractivity contribution in [2.75, 3.05) is 20.8 Å². The van der Waals surface area contributed by atoms with E-state index in [1.54, 1.807) is 20.3 Å². The Morgan fingerprint density at radius 2 is 1.83 bits per heavy atom. The summed E-state index contributed by atoms with van der Waals surface area (Å²) >= 11 is 0. The highest BCUT2D eigenvalue weighted by Crippen LogP contribution is 2.30. The van der Waals surface area contributed by atoms with Crippen molar-refractivity contribution in [3.63, 3.8) is 0 Å². The Morgan fingerprint density at radius 1 is 1.12 bits per heavy atom. The van der Waals surface area contributed by atoms with Crippen LogP contribution in [0.15, 0.2) is 36.4 Å². The molecule has 0 saturated carbocycles. The van der Waals surface area contributed by atoms with Crippen LogP contribution in [0.1, 0.15) is 11.1 Å². The third kappa shape index (κ3) is 4.62. The first kappa shape index (κ1) is 17.6. The summed E-state index contributed by atoms with van der Waals surface area (Å²) in [6.45, 7) is 2.07. The summed E-state index contributed by atoms with van der Waals surface area (Å²) in [5.74, 6) is 0.845. The van der Waals surface area contributed by atoms with E-state index in [2.05, 4.69) is 5.32 Å². The van der Waals surface area contributed by atoms with Crippen LogP contribution in [-0.2, 0) is 11.3 Å². The van der Waals surface area contributed by atoms with Crippen LogP contribution in [0.25, 0.3) is 0 Å². The minimum atomic E-state index is -0.408. The third-order valence-corrected chi connectivity index (χ3v) is 3.48. The van der Waals surface area contributed by atoms with Crippen LogP contribution in [0, 0.1) is 12.7 Å². The molecular formula is C18H20FNO4. The van der Waals surface area contributed by atoms with Gasteiger partial charge in [-0.25, -0.2) is 4.39 Å². The average molecular weight is 333 g/mol. The largest absolute Gasteiger partial charge is 0.493 e. The van der Waals surface area contributed by atoms with Crippen LogP contribution in [0.3, 0.4) is 0 Å². The zero-order chi connectivity index (χ0) is 17.5. The van der Waals surface area contributed by atoms with Crippen LogP contribution in [-0.4, -0.2) is 26.7 Å². The zero-order valence-electron chi connectivity index (χ0n) is 13.9. The van der Waals surface area contributed by atoms with Crippen LogP contribution in [0.4, 0.5) is 4.39 Å². The number of carbonyl (C=O) groups is 1. The van der Waals surface area contributed by atoms with Gasteiger partial charge in [0.1, 0.15) is 11.6 Å². The summed E-state index contributed by atoms with van der Waals surface area (Å²) in [6, 6.07) is 9.33. The minimum absolute atomic E-state index is 0.185. The van der Waals surface area contributed by atoms with Crippen molar-refractivity contribution in [2.45, 2.75) is 13.5 Å². The Labute approximate surface area is 140 Å². The van der Waals surface area contributed by atoms with E-state index >= 15 is 0 Å². The number of halogens is 1. The van der Waals surface area contributed by atoms with Crippen molar-refractivity contribution in [3.05, 3.63) is 53.3 Å². The molecular weight excluding hydrogens is 313 g/mol. The van der Waals surface area contributed by atoms with Gasteiger partial charge >= 0.3 is 0 Å². The Bertz CT molecular complexity index is 718. The first-order chi connectivity index (χ1) is 11.5. The van der Waals surface area contributed by atoms with Gasteiger partial charge in [-0.2, -0.15) is 0 Å². The number of nitrogens with one attached hydrogen (secondary N) is 1. The van der Waals surface area contributed by atoms with Gasteiger partial charge < -0.3 is 19.5 Å². The third-order valence-electron chi connectivity index (χ3n) is 3.48. The second kappa shape index (κ2) is 8.19. The standard InChI is InChI=1S/C18H20FNO4/c1-12-7-16(22-2)17(23-3)8-13(12)10-20-18(21)11-24-15-6-4-5-14(19)9-15/h4-9H,10-11H2,1-3H3,(H,20,21). The number of amides is 1. The lowest BCUT2D eigenvalue weighted by Crippen LogP contribution is -2.28. The molecule has 0 heterocycles. The fourth-order valence-electron chi connectivity index (χ4n) is 2.16. The van der Waals surface area contributed by atoms with Crippen LogP contribution in [0.5, 0.6) is 17.2 Å². The first-order valence-electron chi connectivity index (χ1n) is 7.40. The lowest BCUT2D eigenvalue weighted by molar-refractivity contribution is -0.123. The molecule has 128 valence electrons. The van der Waals surface area contributed by atoms with Crippen molar-refractivity contribution in [1.29, 1.82) is 0 Å². The molecule has 24 heavy (non-hydrogen) atoms. The van der Waals surface area contributed by atoms with Crippen LogP contribution >= 0.6 is 0 Å². The molecule has 0 aliphatic carbocycles. The minimum Gasteiger partial charge on any atom is -0.493 e. The molecule has 0 spiro atoms. The molecule has 0 aliphatic rings. The number of rotatable bonds is 7. The number of benzene rings is 2. The Hall–Kier alpha value is -2.76. The van der Waals surface area contributed by atoms with Gasteiger partial charge in [0.05, 0.1) is 14.2 Å². The quantitative estimate of drug-likeness (QED) is 0.846. The molecule has 0 bridgehead atoms. The summed E-state index contributed by atoms with van der Waals surface area (Å²) in [4.78, 5) is 11.9. The van der Waals surface area contributed by atoms with Gasteiger partial charge in [0.15, 0.2) is 18.1 Å². The molecule has 2 aromatic rings. The Kier molecular flexibility index (Phi) is 6.01. The highest BCUT2D eigenvalue weighted by atomic mass is 19.1. The van der Waals surface area contributed by atoms with E-state index < -0.39 is 5.82 Å². The van der Waals surface area contributed by atoms with Crippen molar-refractivity contribution in [2.24, 2.45) is 0 Å². The molecule has 0 fully saturated rings. The van der Waals surface area contributed by atoms with Gasteiger partial charge in [0.2, 0.25) is 0 Å². The maximum Gasteiger partial charge on any atom is 0.258 e. The smallest absolute Gasteiger partial charge is 0.258 e. The van der Waals surface area contributed by atoms with E-state index in [0.717, 1.165) is 11.1 Å². The monoisotopic (exact) mass is 333 g/mol. The topological polar surface area (TPSA) is 56.8 Å². The van der Waals surface area contributed by atoms with Crippen molar-refractivity contribution in [1.82, 2.24) is 5.32 Å². The number of hydrogen-bond acceptors (Lipinski definition) is 4. The van der Waals surface area contributed by atoms with Crippen molar-refractivity contribution < 1.29 is 23.4 Å². The van der Waals surface area contributed by atoms with Crippen molar-refractivity contribution in [3.8, 4) is 17.2 Å². The van der Waals surface area contributed by atoms with E-state index in [1.807, 2.05) is 19.1 Å². The van der Waals surface area contributed by atoms with E-state index in [4.69, 9.17) is 14.2 Å². The van der Waals surface area contributed by atoms with E-state index in [1.165, 1.54) is 18.2 Å². The maximum absolute atomic E-state index is 13.0. The first-order valence-corrected chi connectivity index (χ1v) is 7.40. The maximum atomic E-state index is 13.0. The van der Waals surface area contributed by atoms with Gasteiger partial charge in [-0.15, -0.1) is 0 Å². The number of hydrogen-bond donors (Lipinski definition) is 1. The zero-order valence-corrected chi connectivity index (χ0v) is 13.9. The summed E-state index contributed by atoms with van der Waals surface area (Å²) in [5, 5.41) is 2.76. The fraction of sp³-hybridized carbons (Fsp3) is 0.278. The van der Waals surface area contributed by atoms with Gasteiger partial charge in [-0.3, -0.25) is 4.79 Å².